The van der Waals surface area contributed by atoms with E-state index in [0.717, 1.165) is 103 Å². The van der Waals surface area contributed by atoms with Crippen LogP contribution in [0, 0.1) is 76.7 Å². The third-order valence-corrected chi connectivity index (χ3v) is 20.3. The molecule has 11 N–H and O–H groups in total. The van der Waals surface area contributed by atoms with Crippen molar-refractivity contribution in [1.82, 2.24) is 100 Å². The molecule has 12 aromatic heterocycles. The molecule has 9 atom stereocenters. The highest BCUT2D eigenvalue weighted by molar-refractivity contribution is 5.80. The van der Waals surface area contributed by atoms with E-state index in [1.807, 2.05) is 135 Å². The normalized spacial score (nSPS) is 20.0. The Morgan fingerprint density at radius 3 is 1.04 bits per heavy atom. The summed E-state index contributed by atoms with van der Waals surface area (Å²) in [6.07, 6.45) is 17.6. The number of aromatic amines is 3. The number of aromatic nitrogens is 18. The molecule has 0 aromatic carbocycles. The number of nitrogens with two attached hydrogens (primary N) is 1. The number of carboxylic acid groups (broad SMARTS) is 1. The number of hydrogen-bond donors (Lipinski definition) is 10. The van der Waals surface area contributed by atoms with E-state index < -0.39 is 40.3 Å². The number of halogens is 3. The topological polar surface area (TPSA) is 399 Å². The Morgan fingerprint density at radius 2 is 0.777 bits per heavy atom. The van der Waals surface area contributed by atoms with Gasteiger partial charge in [0.2, 0.25) is 11.8 Å². The third-order valence-electron chi connectivity index (χ3n) is 20.3. The number of pyridine rings is 6. The number of aryl methyl sites for hydroxylation is 6. The first kappa shape index (κ1) is 79.7. The lowest BCUT2D eigenvalue weighted by atomic mass is 9.93. The molecule has 0 aliphatic heterocycles. The van der Waals surface area contributed by atoms with E-state index >= 15 is 0 Å². The molecule has 0 radical (unpaired) electrons. The molecule has 0 unspecified atom stereocenters. The highest BCUT2D eigenvalue weighted by Gasteiger charge is 2.46. The largest absolute Gasteiger partial charge is 0.481 e. The predicted octanol–water partition coefficient (Wildman–Crippen LogP) is 10.7. The van der Waals surface area contributed by atoms with Crippen LogP contribution in [0.25, 0.3) is 17.5 Å². The first-order chi connectivity index (χ1) is 53.4. The van der Waals surface area contributed by atoms with E-state index in [9.17, 15) is 42.9 Å². The van der Waals surface area contributed by atoms with Gasteiger partial charge in [0.1, 0.15) is 16.8 Å². The van der Waals surface area contributed by atoms with E-state index in [1.54, 1.807) is 36.8 Å². The second-order valence-corrected chi connectivity index (χ2v) is 29.9. The summed E-state index contributed by atoms with van der Waals surface area (Å²) in [7, 11) is 0. The van der Waals surface area contributed by atoms with Gasteiger partial charge in [-0.05, 0) is 226 Å². The molecule has 0 spiro atoms. The molecule has 3 fully saturated rings. The van der Waals surface area contributed by atoms with Crippen LogP contribution in [0.5, 0.6) is 0 Å². The average Bonchev–Trinajstić information content (AvgIpc) is 1.62. The summed E-state index contributed by atoms with van der Waals surface area (Å²) in [4.78, 5) is 64.2. The maximum Gasteiger partial charge on any atom is 0.306 e. The number of carbonyl (C=O) groups excluding carboxylic acids is 2. The van der Waals surface area contributed by atoms with Crippen molar-refractivity contribution in [2.45, 2.75) is 174 Å². The van der Waals surface area contributed by atoms with Gasteiger partial charge in [-0.3, -0.25) is 44.6 Å². The number of amides is 2. The molecule has 3 aliphatic carbocycles. The van der Waals surface area contributed by atoms with Gasteiger partial charge in [-0.2, -0.15) is 30.6 Å². The molecule has 0 bridgehead atoms. The standard InChI is InChI=1S/2C27H30FN7O2.C17H21N3O3.C10H11FN4/c2*1-16-8-22(11-23-10-17(2)33-34-23)32-24(9-16)27(37)7-6-19(12-27)26(36)31-18(3)20-4-5-25(29-13-20)35-15-21(28)14-30-35;1-10-5-13(8-14-7-11(2)19-20-14)18-15(6-10)17(23)4-3-12(9-17)16(21)22;1-7(12)8-2-3-10(13-4-8)15-6-9(11)5-14-15/h2*4-5,8-10,13-15,18-19,37H,6-7,11-12H2,1-3H3,(H,31,36)(H,33,34);5-7,12,23H,3-4,8-9H2,1-2H3,(H,19,20)(H,21,22);2-7H,12H2,1H3/t18-,19+,27+;18-,19+,27-;12-,17+;7-/m0010/s1. The van der Waals surface area contributed by atoms with E-state index in [-0.39, 0.29) is 54.0 Å². The van der Waals surface area contributed by atoms with Gasteiger partial charge in [-0.1, -0.05) is 18.2 Å². The molecular formula is C81H92F3N21O7. The van der Waals surface area contributed by atoms with Crippen molar-refractivity contribution in [3.05, 3.63) is 266 Å². The van der Waals surface area contributed by atoms with Gasteiger partial charge < -0.3 is 36.8 Å². The van der Waals surface area contributed by atoms with Crippen molar-refractivity contribution in [2.75, 3.05) is 0 Å². The van der Waals surface area contributed by atoms with Gasteiger partial charge in [0.05, 0.1) is 89.3 Å². The first-order valence-corrected chi connectivity index (χ1v) is 37.1. The molecule has 15 rings (SSSR count). The number of nitrogens with zero attached hydrogens (tertiary/aromatic N) is 15. The van der Waals surface area contributed by atoms with Gasteiger partial charge in [0, 0.05) is 89.9 Å². The summed E-state index contributed by atoms with van der Waals surface area (Å²) in [5.74, 6) is -1.93. The maximum absolute atomic E-state index is 13.2. The molecule has 12 aromatic rings. The highest BCUT2D eigenvalue weighted by Crippen LogP contribution is 2.45. The highest BCUT2D eigenvalue weighted by atomic mass is 19.1. The van der Waals surface area contributed by atoms with Crippen LogP contribution in [0.1, 0.15) is 198 Å². The smallest absolute Gasteiger partial charge is 0.306 e. The Balaban J connectivity index is 0.000000146. The average molecular weight is 1530 g/mol. The van der Waals surface area contributed by atoms with Crippen molar-refractivity contribution >= 4 is 17.8 Å². The lowest BCUT2D eigenvalue weighted by Gasteiger charge is -2.24. The van der Waals surface area contributed by atoms with E-state index in [1.165, 1.54) is 32.6 Å². The van der Waals surface area contributed by atoms with Crippen LogP contribution in [0.2, 0.25) is 0 Å². The molecule has 31 heteroatoms. The number of aliphatic carboxylic acids is 1. The second kappa shape index (κ2) is 34.2. The van der Waals surface area contributed by atoms with Crippen molar-refractivity contribution in [3.63, 3.8) is 0 Å². The minimum Gasteiger partial charge on any atom is -0.481 e. The van der Waals surface area contributed by atoms with Crippen LogP contribution in [0.3, 0.4) is 0 Å². The zero-order chi connectivity index (χ0) is 79.8. The number of aliphatic hydroxyl groups is 3. The molecule has 584 valence electrons. The zero-order valence-electron chi connectivity index (χ0n) is 63.7. The Kier molecular flexibility index (Phi) is 24.4. The molecule has 12 heterocycles. The minimum atomic E-state index is -1.16. The summed E-state index contributed by atoms with van der Waals surface area (Å²) in [6, 6.07) is 27.7. The number of carbonyl (C=O) groups is 3. The fourth-order valence-corrected chi connectivity index (χ4v) is 14.4. The maximum atomic E-state index is 13.2. The Labute approximate surface area is 644 Å². The molecule has 112 heavy (non-hydrogen) atoms. The van der Waals surface area contributed by atoms with Crippen LogP contribution in [-0.2, 0) is 50.4 Å². The molecule has 3 aliphatic rings. The van der Waals surface area contributed by atoms with Crippen molar-refractivity contribution in [3.8, 4) is 17.5 Å². The Hall–Kier alpha value is -11.8. The fourth-order valence-electron chi connectivity index (χ4n) is 14.4. The zero-order valence-corrected chi connectivity index (χ0v) is 63.7. The quantitative estimate of drug-likeness (QED) is 0.0339. The predicted molar refractivity (Wildman–Crippen MR) is 406 cm³/mol. The van der Waals surface area contributed by atoms with Crippen molar-refractivity contribution in [1.29, 1.82) is 0 Å². The summed E-state index contributed by atoms with van der Waals surface area (Å²) in [5.41, 5.74) is 17.8. The Bertz CT molecular complexity index is 5030. The van der Waals surface area contributed by atoms with Crippen LogP contribution < -0.4 is 16.4 Å². The number of hydrogen-bond acceptors (Lipinski definition) is 19. The lowest BCUT2D eigenvalue weighted by molar-refractivity contribution is -0.142. The van der Waals surface area contributed by atoms with Crippen LogP contribution in [0.15, 0.2) is 147 Å². The third kappa shape index (κ3) is 20.0. The van der Waals surface area contributed by atoms with Crippen molar-refractivity contribution < 1.29 is 48.0 Å². The van der Waals surface area contributed by atoms with Gasteiger partial charge in [-0.15, -0.1) is 0 Å². The summed E-state index contributed by atoms with van der Waals surface area (Å²) < 4.78 is 43.2. The number of nitrogens with one attached hydrogen (secondary N) is 5. The molecule has 2 amide bonds. The van der Waals surface area contributed by atoms with Gasteiger partial charge in [0.15, 0.2) is 34.9 Å². The molecule has 0 saturated heterocycles. The van der Waals surface area contributed by atoms with E-state index in [4.69, 9.17) is 20.8 Å². The summed E-state index contributed by atoms with van der Waals surface area (Å²) in [6.45, 7) is 17.4. The number of carboxylic acids is 1. The molecular weight excluding hydrogens is 1440 g/mol. The summed E-state index contributed by atoms with van der Waals surface area (Å²) in [5, 5.41) is 82.3. The van der Waals surface area contributed by atoms with Gasteiger partial charge in [-0.25, -0.2) is 42.2 Å². The monoisotopic (exact) mass is 1530 g/mol. The number of H-pyrrole nitrogens is 3. The minimum absolute atomic E-state index is 0.0547. The van der Waals surface area contributed by atoms with Crippen LogP contribution in [-0.4, -0.2) is 128 Å². The SMILES string of the molecule is C[C@H](N)c1ccc(-n2cc(F)cn2)nc1.Cc1cc(Cc2cc(C)[nH]n2)nc([C@@]2(O)CC[C@@H](C(=O)N[C@@H](C)c3ccc(-n4cc(F)cn4)nc3)C2)c1.Cc1cc(Cc2cc(C)[nH]n2)nc([C@]2(O)CC[C@@H](C(=O)N[C@@H](C)c3ccc(-n4cc(F)cn4)nc3)C2)c1.Cc1cc(Cc2cc(C)[nH]n2)nc([C@]2(O)CC[C@@H](C(=O)O)C2)c1. The summed E-state index contributed by atoms with van der Waals surface area (Å²) >= 11 is 0. The molecule has 3 saturated carbocycles. The van der Waals surface area contributed by atoms with E-state index in [2.05, 4.69) is 76.5 Å². The first-order valence-electron chi connectivity index (χ1n) is 37.1. The van der Waals surface area contributed by atoms with Crippen LogP contribution in [0.4, 0.5) is 13.2 Å². The Morgan fingerprint density at radius 1 is 0.464 bits per heavy atom. The fraction of sp³-hybridized carbons (Fsp3) is 0.370. The molecule has 28 nitrogen and oxygen atoms in total. The van der Waals surface area contributed by atoms with E-state index in [0.29, 0.717) is 105 Å². The van der Waals surface area contributed by atoms with Gasteiger partial charge >= 0.3 is 5.97 Å². The van der Waals surface area contributed by atoms with Crippen molar-refractivity contribution in [2.24, 2.45) is 23.5 Å². The second-order valence-electron chi connectivity index (χ2n) is 29.9. The van der Waals surface area contributed by atoms with Crippen LogP contribution >= 0.6 is 0 Å². The van der Waals surface area contributed by atoms with Gasteiger partial charge in [0.25, 0.3) is 0 Å². The number of rotatable bonds is 20. The lowest BCUT2D eigenvalue weighted by Crippen LogP contribution is -2.33.